The van der Waals surface area contributed by atoms with Gasteiger partial charge in [-0.3, -0.25) is 4.79 Å². The average molecular weight is 272 g/mol. The Kier molecular flexibility index (Phi) is 3.79. The molecule has 0 radical (unpaired) electrons. The molecule has 2 aliphatic heterocycles. The number of likely N-dealkylation sites (tertiary alicyclic amines) is 2. The predicted octanol–water partition coefficient (Wildman–Crippen LogP) is 2.17. The molecular weight excluding hydrogens is 248 g/mol. The van der Waals surface area contributed by atoms with Gasteiger partial charge in [-0.25, -0.2) is 0 Å². The molecule has 3 nitrogen and oxygen atoms in total. The second-order valence-electron chi connectivity index (χ2n) is 6.57. The molecule has 1 aromatic carbocycles. The van der Waals surface area contributed by atoms with Gasteiger partial charge in [0.1, 0.15) is 0 Å². The van der Waals surface area contributed by atoms with Crippen LogP contribution in [-0.4, -0.2) is 48.9 Å². The molecule has 0 N–H and O–H groups in total. The fraction of sp³-hybridized carbons (Fsp3) is 0.588. The molecule has 0 aromatic heterocycles. The Hall–Kier alpha value is -1.35. The summed E-state index contributed by atoms with van der Waals surface area (Å²) in [5.41, 5.74) is 1.50. The van der Waals surface area contributed by atoms with E-state index < -0.39 is 0 Å². The van der Waals surface area contributed by atoms with Gasteiger partial charge in [0.2, 0.25) is 5.91 Å². The molecule has 3 heteroatoms. The van der Waals surface area contributed by atoms with Gasteiger partial charge in [-0.2, -0.15) is 0 Å². The summed E-state index contributed by atoms with van der Waals surface area (Å²) in [7, 11) is 2.19. The first-order chi connectivity index (χ1) is 9.67. The Labute approximate surface area is 121 Å². The Morgan fingerprint density at radius 3 is 2.65 bits per heavy atom. The quantitative estimate of drug-likeness (QED) is 0.824. The number of nitrogens with zero attached hydrogens (tertiary/aromatic N) is 2. The van der Waals surface area contributed by atoms with Crippen molar-refractivity contribution in [2.75, 3.05) is 33.2 Å². The Balaban J connectivity index is 1.63. The molecule has 0 bridgehead atoms. The lowest BCUT2D eigenvalue weighted by molar-refractivity contribution is -0.133. The second-order valence-corrected chi connectivity index (χ2v) is 6.57. The number of piperidine rings is 1. The van der Waals surface area contributed by atoms with Gasteiger partial charge in [0.15, 0.2) is 0 Å². The highest BCUT2D eigenvalue weighted by Crippen LogP contribution is 2.38. The molecule has 2 fully saturated rings. The molecule has 1 amide bonds. The number of hydrogen-bond acceptors (Lipinski definition) is 2. The third-order valence-electron chi connectivity index (χ3n) is 4.84. The van der Waals surface area contributed by atoms with E-state index in [0.29, 0.717) is 17.7 Å². The smallest absolute Gasteiger partial charge is 0.227 e. The Bertz CT molecular complexity index is 469. The van der Waals surface area contributed by atoms with Gasteiger partial charge < -0.3 is 9.80 Å². The van der Waals surface area contributed by atoms with Gasteiger partial charge >= 0.3 is 0 Å². The van der Waals surface area contributed by atoms with Gasteiger partial charge in [0.25, 0.3) is 0 Å². The van der Waals surface area contributed by atoms with E-state index in [9.17, 15) is 4.79 Å². The summed E-state index contributed by atoms with van der Waals surface area (Å²) in [5.74, 6) is 0.296. The van der Waals surface area contributed by atoms with Gasteiger partial charge in [0.05, 0.1) is 6.42 Å². The minimum Gasteiger partial charge on any atom is -0.342 e. The van der Waals surface area contributed by atoms with Crippen LogP contribution in [0.1, 0.15) is 24.8 Å². The maximum atomic E-state index is 12.5. The number of benzene rings is 1. The van der Waals surface area contributed by atoms with Crippen LogP contribution < -0.4 is 0 Å². The molecule has 2 saturated heterocycles. The van der Waals surface area contributed by atoms with E-state index in [4.69, 9.17) is 0 Å². The van der Waals surface area contributed by atoms with Crippen molar-refractivity contribution in [3.8, 4) is 0 Å². The fourth-order valence-electron chi connectivity index (χ4n) is 3.79. The zero-order valence-electron chi connectivity index (χ0n) is 12.3. The Morgan fingerprint density at radius 2 is 1.95 bits per heavy atom. The summed E-state index contributed by atoms with van der Waals surface area (Å²) >= 11 is 0. The molecule has 2 aliphatic rings. The van der Waals surface area contributed by atoms with Crippen molar-refractivity contribution in [3.05, 3.63) is 35.9 Å². The van der Waals surface area contributed by atoms with E-state index in [1.165, 1.54) is 19.4 Å². The molecule has 1 atom stereocenters. The highest BCUT2D eigenvalue weighted by molar-refractivity contribution is 5.78. The van der Waals surface area contributed by atoms with E-state index in [2.05, 4.69) is 16.8 Å². The number of amides is 1. The van der Waals surface area contributed by atoms with Crippen LogP contribution in [0.25, 0.3) is 0 Å². The molecule has 0 aliphatic carbocycles. The topological polar surface area (TPSA) is 23.6 Å². The molecule has 2 heterocycles. The molecular formula is C17H24N2O. The van der Waals surface area contributed by atoms with Gasteiger partial charge in [0, 0.05) is 25.0 Å². The molecule has 108 valence electrons. The average Bonchev–Trinajstić information content (AvgIpc) is 2.80. The first-order valence-corrected chi connectivity index (χ1v) is 7.67. The van der Waals surface area contributed by atoms with Crippen molar-refractivity contribution in [1.82, 2.24) is 9.80 Å². The minimum atomic E-state index is 0.296. The largest absolute Gasteiger partial charge is 0.342 e. The van der Waals surface area contributed by atoms with Crippen molar-refractivity contribution in [2.45, 2.75) is 25.7 Å². The van der Waals surface area contributed by atoms with E-state index in [1.807, 2.05) is 30.3 Å². The Morgan fingerprint density at radius 1 is 1.15 bits per heavy atom. The lowest BCUT2D eigenvalue weighted by Gasteiger charge is -2.40. The van der Waals surface area contributed by atoms with E-state index >= 15 is 0 Å². The third kappa shape index (κ3) is 2.88. The summed E-state index contributed by atoms with van der Waals surface area (Å²) < 4.78 is 0. The van der Waals surface area contributed by atoms with Crippen LogP contribution in [0.4, 0.5) is 0 Å². The van der Waals surface area contributed by atoms with E-state index in [1.54, 1.807) is 0 Å². The monoisotopic (exact) mass is 272 g/mol. The highest BCUT2D eigenvalue weighted by atomic mass is 16.2. The third-order valence-corrected chi connectivity index (χ3v) is 4.84. The van der Waals surface area contributed by atoms with Crippen molar-refractivity contribution >= 4 is 5.91 Å². The number of hydrogen-bond donors (Lipinski definition) is 0. The summed E-state index contributed by atoms with van der Waals surface area (Å²) in [6.07, 6.45) is 4.24. The van der Waals surface area contributed by atoms with Crippen molar-refractivity contribution < 1.29 is 4.79 Å². The zero-order chi connectivity index (χ0) is 14.0. The van der Waals surface area contributed by atoms with Crippen LogP contribution in [-0.2, 0) is 11.2 Å². The number of rotatable bonds is 2. The SMILES string of the molecule is CN1CC[C@@]2(CCCN(C(=O)Cc3ccccc3)C2)C1. The van der Waals surface area contributed by atoms with E-state index in [-0.39, 0.29) is 0 Å². The normalized spacial score (nSPS) is 27.1. The second kappa shape index (κ2) is 5.57. The molecule has 1 spiro atoms. The zero-order valence-corrected chi connectivity index (χ0v) is 12.3. The van der Waals surface area contributed by atoms with Gasteiger partial charge in [-0.15, -0.1) is 0 Å². The highest BCUT2D eigenvalue weighted by Gasteiger charge is 2.41. The standard InChI is InChI=1S/C17H24N2O/c1-18-11-9-17(13-18)8-5-10-19(14-17)16(20)12-15-6-3-2-4-7-15/h2-4,6-7H,5,8-14H2,1H3/t17-/m0/s1. The molecule has 3 rings (SSSR count). The van der Waals surface area contributed by atoms with E-state index in [0.717, 1.165) is 31.6 Å². The number of carbonyl (C=O) groups excluding carboxylic acids is 1. The summed E-state index contributed by atoms with van der Waals surface area (Å²) in [5, 5.41) is 0. The summed E-state index contributed by atoms with van der Waals surface area (Å²) in [6, 6.07) is 10.1. The van der Waals surface area contributed by atoms with Crippen LogP contribution in [0.5, 0.6) is 0 Å². The molecule has 0 unspecified atom stereocenters. The fourth-order valence-corrected chi connectivity index (χ4v) is 3.79. The molecule has 0 saturated carbocycles. The first-order valence-electron chi connectivity index (χ1n) is 7.67. The van der Waals surface area contributed by atoms with Crippen LogP contribution in [0.15, 0.2) is 30.3 Å². The summed E-state index contributed by atoms with van der Waals surface area (Å²) in [6.45, 7) is 4.24. The first kappa shape index (κ1) is 13.6. The summed E-state index contributed by atoms with van der Waals surface area (Å²) in [4.78, 5) is 17.0. The lowest BCUT2D eigenvalue weighted by Crippen LogP contribution is -2.47. The molecule has 1 aromatic rings. The van der Waals surface area contributed by atoms with Gasteiger partial charge in [-0.1, -0.05) is 30.3 Å². The van der Waals surface area contributed by atoms with Crippen LogP contribution in [0, 0.1) is 5.41 Å². The predicted molar refractivity (Wildman–Crippen MR) is 80.5 cm³/mol. The van der Waals surface area contributed by atoms with Crippen molar-refractivity contribution in [2.24, 2.45) is 5.41 Å². The lowest BCUT2D eigenvalue weighted by atomic mass is 9.79. The van der Waals surface area contributed by atoms with Crippen LogP contribution >= 0.6 is 0 Å². The maximum Gasteiger partial charge on any atom is 0.227 e. The van der Waals surface area contributed by atoms with Crippen LogP contribution in [0.2, 0.25) is 0 Å². The van der Waals surface area contributed by atoms with Crippen molar-refractivity contribution in [3.63, 3.8) is 0 Å². The maximum absolute atomic E-state index is 12.5. The minimum absolute atomic E-state index is 0.296. The van der Waals surface area contributed by atoms with Gasteiger partial charge in [-0.05, 0) is 38.4 Å². The molecule has 20 heavy (non-hydrogen) atoms. The van der Waals surface area contributed by atoms with Crippen molar-refractivity contribution in [1.29, 1.82) is 0 Å². The number of carbonyl (C=O) groups is 1. The van der Waals surface area contributed by atoms with Crippen LogP contribution in [0.3, 0.4) is 0 Å².